The lowest BCUT2D eigenvalue weighted by Crippen LogP contribution is -2.45. The van der Waals surface area contributed by atoms with Crippen LogP contribution in [0.3, 0.4) is 0 Å². The molecule has 0 aromatic carbocycles. The van der Waals surface area contributed by atoms with E-state index in [1.165, 1.54) is 64.3 Å². The van der Waals surface area contributed by atoms with Gasteiger partial charge in [-0.2, -0.15) is 0 Å². The second kappa shape index (κ2) is 7.67. The molecule has 2 aliphatic carbocycles. The first kappa shape index (κ1) is 15.4. The molecule has 0 spiro atoms. The van der Waals surface area contributed by atoms with Gasteiger partial charge in [0.15, 0.2) is 0 Å². The van der Waals surface area contributed by atoms with Gasteiger partial charge in [0.2, 0.25) is 0 Å². The molecule has 2 saturated carbocycles. The number of hydrogen-bond donors (Lipinski definition) is 1. The third kappa shape index (κ3) is 3.97. The second-order valence-corrected chi connectivity index (χ2v) is 7.27. The van der Waals surface area contributed by atoms with Crippen LogP contribution in [0.2, 0.25) is 0 Å². The van der Waals surface area contributed by atoms with Crippen molar-refractivity contribution in [2.45, 2.75) is 84.6 Å². The SMILES string of the molecule is CCCNC(C1CCC(C)C1)C1CCCCC1CC. The Morgan fingerprint density at radius 2 is 1.84 bits per heavy atom. The van der Waals surface area contributed by atoms with Crippen molar-refractivity contribution in [3.8, 4) is 0 Å². The van der Waals surface area contributed by atoms with Crippen LogP contribution in [0, 0.1) is 23.7 Å². The van der Waals surface area contributed by atoms with Gasteiger partial charge in [0.25, 0.3) is 0 Å². The maximum Gasteiger partial charge on any atom is 0.0126 e. The summed E-state index contributed by atoms with van der Waals surface area (Å²) in [6.07, 6.45) is 13.1. The average molecular weight is 265 g/mol. The first-order valence-corrected chi connectivity index (χ1v) is 8.99. The van der Waals surface area contributed by atoms with E-state index in [-0.39, 0.29) is 0 Å². The van der Waals surface area contributed by atoms with Crippen molar-refractivity contribution in [3.05, 3.63) is 0 Å². The summed E-state index contributed by atoms with van der Waals surface area (Å²) < 4.78 is 0. The molecule has 1 nitrogen and oxygen atoms in total. The molecule has 0 radical (unpaired) electrons. The van der Waals surface area contributed by atoms with Gasteiger partial charge in [0.05, 0.1) is 0 Å². The minimum absolute atomic E-state index is 0.829. The Labute approximate surface area is 120 Å². The predicted molar refractivity (Wildman–Crippen MR) is 84.3 cm³/mol. The van der Waals surface area contributed by atoms with E-state index in [4.69, 9.17) is 0 Å². The van der Waals surface area contributed by atoms with Crippen LogP contribution in [-0.2, 0) is 0 Å². The van der Waals surface area contributed by atoms with Crippen molar-refractivity contribution < 1.29 is 0 Å². The highest BCUT2D eigenvalue weighted by atomic mass is 14.9. The van der Waals surface area contributed by atoms with Crippen LogP contribution in [0.15, 0.2) is 0 Å². The highest BCUT2D eigenvalue weighted by Crippen LogP contribution is 2.42. The van der Waals surface area contributed by atoms with E-state index < -0.39 is 0 Å². The lowest BCUT2D eigenvalue weighted by Gasteiger charge is -2.40. The van der Waals surface area contributed by atoms with Crippen molar-refractivity contribution in [2.75, 3.05) is 6.54 Å². The fourth-order valence-corrected chi connectivity index (χ4v) is 4.77. The smallest absolute Gasteiger partial charge is 0.0126 e. The largest absolute Gasteiger partial charge is 0.313 e. The Balaban J connectivity index is 2.02. The normalized spacial score (nSPS) is 37.4. The van der Waals surface area contributed by atoms with E-state index >= 15 is 0 Å². The Bertz CT molecular complexity index is 250. The Morgan fingerprint density at radius 1 is 1.05 bits per heavy atom. The second-order valence-electron chi connectivity index (χ2n) is 7.27. The van der Waals surface area contributed by atoms with E-state index in [1.54, 1.807) is 0 Å². The molecular weight excluding hydrogens is 230 g/mol. The van der Waals surface area contributed by atoms with E-state index in [0.29, 0.717) is 0 Å². The molecule has 19 heavy (non-hydrogen) atoms. The van der Waals surface area contributed by atoms with Crippen molar-refractivity contribution >= 4 is 0 Å². The lowest BCUT2D eigenvalue weighted by molar-refractivity contribution is 0.136. The van der Waals surface area contributed by atoms with Gasteiger partial charge in [-0.1, -0.05) is 52.9 Å². The molecule has 0 bridgehead atoms. The molecule has 2 aliphatic rings. The van der Waals surface area contributed by atoms with Gasteiger partial charge in [0.1, 0.15) is 0 Å². The van der Waals surface area contributed by atoms with E-state index in [2.05, 4.69) is 26.1 Å². The summed E-state index contributed by atoms with van der Waals surface area (Å²) in [6.45, 7) is 8.40. The predicted octanol–water partition coefficient (Wildman–Crippen LogP) is 5.01. The highest BCUT2D eigenvalue weighted by Gasteiger charge is 2.37. The lowest BCUT2D eigenvalue weighted by atomic mass is 9.70. The van der Waals surface area contributed by atoms with Crippen molar-refractivity contribution in [3.63, 3.8) is 0 Å². The van der Waals surface area contributed by atoms with Crippen molar-refractivity contribution in [1.82, 2.24) is 5.32 Å². The van der Waals surface area contributed by atoms with Crippen LogP contribution < -0.4 is 5.32 Å². The fraction of sp³-hybridized carbons (Fsp3) is 1.00. The first-order chi connectivity index (χ1) is 9.26. The number of nitrogens with one attached hydrogen (secondary N) is 1. The average Bonchev–Trinajstić information content (AvgIpc) is 2.86. The molecule has 0 saturated heterocycles. The summed E-state index contributed by atoms with van der Waals surface area (Å²) in [4.78, 5) is 0. The molecule has 112 valence electrons. The molecule has 5 unspecified atom stereocenters. The molecule has 0 aliphatic heterocycles. The summed E-state index contributed by atoms with van der Waals surface area (Å²) in [5, 5.41) is 3.97. The zero-order valence-electron chi connectivity index (χ0n) is 13.5. The van der Waals surface area contributed by atoms with Gasteiger partial charge in [-0.3, -0.25) is 0 Å². The summed E-state index contributed by atoms with van der Waals surface area (Å²) in [7, 11) is 0. The van der Waals surface area contributed by atoms with Crippen LogP contribution in [0.5, 0.6) is 0 Å². The van der Waals surface area contributed by atoms with Gasteiger partial charge in [-0.05, 0) is 55.9 Å². The van der Waals surface area contributed by atoms with Gasteiger partial charge >= 0.3 is 0 Å². The summed E-state index contributed by atoms with van der Waals surface area (Å²) in [5.74, 6) is 3.91. The van der Waals surface area contributed by atoms with E-state index in [1.807, 2.05) is 0 Å². The molecule has 2 rings (SSSR count). The van der Waals surface area contributed by atoms with Crippen LogP contribution in [0.25, 0.3) is 0 Å². The molecule has 1 heteroatoms. The number of rotatable bonds is 6. The van der Waals surface area contributed by atoms with Crippen molar-refractivity contribution in [2.24, 2.45) is 23.7 Å². The Kier molecular flexibility index (Phi) is 6.19. The zero-order chi connectivity index (χ0) is 13.7. The van der Waals surface area contributed by atoms with Crippen LogP contribution in [0.4, 0.5) is 0 Å². The minimum atomic E-state index is 0.829. The topological polar surface area (TPSA) is 12.0 Å². The van der Waals surface area contributed by atoms with E-state index in [9.17, 15) is 0 Å². The Hall–Kier alpha value is -0.0400. The fourth-order valence-electron chi connectivity index (χ4n) is 4.77. The Morgan fingerprint density at radius 3 is 2.47 bits per heavy atom. The summed E-state index contributed by atoms with van der Waals surface area (Å²) >= 11 is 0. The van der Waals surface area contributed by atoms with Crippen LogP contribution in [-0.4, -0.2) is 12.6 Å². The van der Waals surface area contributed by atoms with Crippen molar-refractivity contribution in [1.29, 1.82) is 0 Å². The third-order valence-electron chi connectivity index (χ3n) is 5.83. The summed E-state index contributed by atoms with van der Waals surface area (Å²) in [6, 6.07) is 0.829. The first-order valence-electron chi connectivity index (χ1n) is 8.99. The quantitative estimate of drug-likeness (QED) is 0.712. The molecule has 5 atom stereocenters. The maximum atomic E-state index is 3.97. The molecular formula is C18H35N. The number of hydrogen-bond acceptors (Lipinski definition) is 1. The zero-order valence-corrected chi connectivity index (χ0v) is 13.5. The van der Waals surface area contributed by atoms with Crippen LogP contribution in [0.1, 0.15) is 78.6 Å². The minimum Gasteiger partial charge on any atom is -0.313 e. The van der Waals surface area contributed by atoms with E-state index in [0.717, 1.165) is 29.7 Å². The summed E-state index contributed by atoms with van der Waals surface area (Å²) in [5.41, 5.74) is 0. The monoisotopic (exact) mass is 265 g/mol. The molecule has 0 aromatic rings. The van der Waals surface area contributed by atoms with Gasteiger partial charge in [-0.15, -0.1) is 0 Å². The van der Waals surface area contributed by atoms with Gasteiger partial charge in [-0.25, -0.2) is 0 Å². The van der Waals surface area contributed by atoms with Gasteiger partial charge < -0.3 is 5.32 Å². The molecule has 1 N–H and O–H groups in total. The van der Waals surface area contributed by atoms with Crippen LogP contribution >= 0.6 is 0 Å². The molecule has 0 aromatic heterocycles. The third-order valence-corrected chi connectivity index (χ3v) is 5.83. The molecule has 0 heterocycles. The maximum absolute atomic E-state index is 3.97. The highest BCUT2D eigenvalue weighted by molar-refractivity contribution is 4.91. The van der Waals surface area contributed by atoms with Gasteiger partial charge in [0, 0.05) is 6.04 Å². The molecule has 0 amide bonds. The molecule has 2 fully saturated rings. The standard InChI is InChI=1S/C18H35N/c1-4-12-19-18(16-11-10-14(3)13-16)17-9-7-6-8-15(17)5-2/h14-19H,4-13H2,1-3H3.